The summed E-state index contributed by atoms with van der Waals surface area (Å²) < 4.78 is 0. The highest BCUT2D eigenvalue weighted by Gasteiger charge is 2.44. The third-order valence-corrected chi connectivity index (χ3v) is 3.84. The number of hydrogen-bond acceptors (Lipinski definition) is 2. The van der Waals surface area contributed by atoms with Gasteiger partial charge < -0.3 is 10.0 Å². The summed E-state index contributed by atoms with van der Waals surface area (Å²) in [5, 5.41) is 9.38. The highest BCUT2D eigenvalue weighted by atomic mass is 16.4. The molecule has 20 heavy (non-hydrogen) atoms. The zero-order chi connectivity index (χ0) is 14.7. The number of carbonyl (C=O) groups excluding carboxylic acids is 1. The molecule has 0 aliphatic carbocycles. The Labute approximate surface area is 119 Å². The largest absolute Gasteiger partial charge is 0.481 e. The van der Waals surface area contributed by atoms with Gasteiger partial charge in [-0.3, -0.25) is 9.59 Å². The highest BCUT2D eigenvalue weighted by Crippen LogP contribution is 2.38. The number of aliphatic carboxylic acids is 1. The molecular formula is C16H21NO3. The molecule has 1 fully saturated rings. The van der Waals surface area contributed by atoms with Crippen molar-refractivity contribution in [3.8, 4) is 0 Å². The van der Waals surface area contributed by atoms with Crippen LogP contribution in [-0.4, -0.2) is 28.4 Å². The number of nitrogens with zero attached hydrogens (tertiary/aromatic N) is 1. The molecule has 0 saturated carbocycles. The summed E-state index contributed by atoms with van der Waals surface area (Å²) in [4.78, 5) is 25.3. The molecule has 0 spiro atoms. The summed E-state index contributed by atoms with van der Waals surface area (Å²) in [6.45, 7) is 4.83. The molecule has 0 bridgehead atoms. The minimum absolute atomic E-state index is 0.0492. The van der Waals surface area contributed by atoms with E-state index < -0.39 is 11.9 Å². The molecule has 2 atom stereocenters. The van der Waals surface area contributed by atoms with Gasteiger partial charge in [-0.15, -0.1) is 0 Å². The van der Waals surface area contributed by atoms with Crippen LogP contribution in [-0.2, 0) is 9.59 Å². The Balaban J connectivity index is 2.28. The van der Waals surface area contributed by atoms with Crippen LogP contribution in [0.2, 0.25) is 0 Å². The van der Waals surface area contributed by atoms with E-state index in [4.69, 9.17) is 0 Å². The molecule has 4 heteroatoms. The van der Waals surface area contributed by atoms with Crippen LogP contribution in [0.1, 0.15) is 38.3 Å². The van der Waals surface area contributed by atoms with Crippen LogP contribution in [0.25, 0.3) is 0 Å². The second-order valence-electron chi connectivity index (χ2n) is 5.77. The predicted molar refractivity (Wildman–Crippen MR) is 76.1 cm³/mol. The Hall–Kier alpha value is -1.84. The molecule has 1 aromatic rings. The van der Waals surface area contributed by atoms with E-state index in [0.29, 0.717) is 12.5 Å². The summed E-state index contributed by atoms with van der Waals surface area (Å²) in [6, 6.07) is 9.15. The van der Waals surface area contributed by atoms with Crippen molar-refractivity contribution in [1.29, 1.82) is 0 Å². The van der Waals surface area contributed by atoms with Crippen LogP contribution in [0.15, 0.2) is 30.3 Å². The van der Waals surface area contributed by atoms with Crippen molar-refractivity contribution in [2.45, 2.75) is 32.7 Å². The molecule has 1 N–H and O–H groups in total. The van der Waals surface area contributed by atoms with Crippen LogP contribution >= 0.6 is 0 Å². The molecule has 0 radical (unpaired) electrons. The number of rotatable bonds is 5. The number of amides is 1. The molecule has 0 unspecified atom stereocenters. The van der Waals surface area contributed by atoms with Gasteiger partial charge in [0, 0.05) is 13.0 Å². The van der Waals surface area contributed by atoms with E-state index in [1.165, 1.54) is 0 Å². The monoisotopic (exact) mass is 275 g/mol. The summed E-state index contributed by atoms with van der Waals surface area (Å²) >= 11 is 0. The quantitative estimate of drug-likeness (QED) is 0.899. The Morgan fingerprint density at radius 2 is 2.00 bits per heavy atom. The van der Waals surface area contributed by atoms with Crippen molar-refractivity contribution in [3.63, 3.8) is 0 Å². The van der Waals surface area contributed by atoms with E-state index in [9.17, 15) is 14.7 Å². The Morgan fingerprint density at radius 1 is 1.35 bits per heavy atom. The Morgan fingerprint density at radius 3 is 2.55 bits per heavy atom. The zero-order valence-corrected chi connectivity index (χ0v) is 12.0. The molecule has 4 nitrogen and oxygen atoms in total. The minimum Gasteiger partial charge on any atom is -0.481 e. The molecule has 1 aliphatic rings. The number of hydrogen-bond donors (Lipinski definition) is 1. The lowest BCUT2D eigenvalue weighted by Gasteiger charge is -2.28. The summed E-state index contributed by atoms with van der Waals surface area (Å²) in [7, 11) is 0. The van der Waals surface area contributed by atoms with E-state index in [1.807, 2.05) is 30.3 Å². The van der Waals surface area contributed by atoms with Gasteiger partial charge in [0.15, 0.2) is 0 Å². The van der Waals surface area contributed by atoms with Crippen molar-refractivity contribution in [3.05, 3.63) is 35.9 Å². The molecule has 1 amide bonds. The first-order chi connectivity index (χ1) is 9.50. The van der Waals surface area contributed by atoms with Crippen LogP contribution in [0.3, 0.4) is 0 Å². The van der Waals surface area contributed by atoms with Crippen LogP contribution in [0, 0.1) is 11.8 Å². The summed E-state index contributed by atoms with van der Waals surface area (Å²) in [5.74, 6) is -1.09. The van der Waals surface area contributed by atoms with E-state index in [0.717, 1.165) is 12.0 Å². The van der Waals surface area contributed by atoms with Crippen molar-refractivity contribution >= 4 is 11.9 Å². The van der Waals surface area contributed by atoms with E-state index >= 15 is 0 Å². The summed E-state index contributed by atoms with van der Waals surface area (Å²) in [6.07, 6.45) is 0.994. The van der Waals surface area contributed by atoms with E-state index in [1.54, 1.807) is 4.90 Å². The molecule has 108 valence electrons. The van der Waals surface area contributed by atoms with Crippen molar-refractivity contribution in [2.75, 3.05) is 6.54 Å². The maximum absolute atomic E-state index is 12.1. The molecule has 1 heterocycles. The first-order valence-electron chi connectivity index (χ1n) is 7.08. The van der Waals surface area contributed by atoms with Gasteiger partial charge >= 0.3 is 5.97 Å². The second-order valence-corrected chi connectivity index (χ2v) is 5.77. The third-order valence-electron chi connectivity index (χ3n) is 3.84. The third kappa shape index (κ3) is 3.00. The van der Waals surface area contributed by atoms with Crippen molar-refractivity contribution in [2.24, 2.45) is 11.8 Å². The standard InChI is InChI=1S/C16H21NO3/c1-11(2)8-9-17-14(18)10-13(16(19)20)15(17)12-6-4-3-5-7-12/h3-7,11,13,15H,8-10H2,1-2H3,(H,19,20)/t13-,15-/m0/s1. The Kier molecular flexibility index (Phi) is 4.42. The molecule has 0 aromatic heterocycles. The van der Waals surface area contributed by atoms with Crippen LogP contribution < -0.4 is 0 Å². The van der Waals surface area contributed by atoms with Gasteiger partial charge in [-0.1, -0.05) is 44.2 Å². The number of carbonyl (C=O) groups is 2. The first kappa shape index (κ1) is 14.6. The Bertz CT molecular complexity index is 484. The lowest BCUT2D eigenvalue weighted by molar-refractivity contribution is -0.142. The van der Waals surface area contributed by atoms with E-state index in [2.05, 4.69) is 13.8 Å². The molecule has 1 saturated heterocycles. The van der Waals surface area contributed by atoms with Gasteiger partial charge in [-0.05, 0) is 17.9 Å². The van der Waals surface area contributed by atoms with Gasteiger partial charge in [-0.2, -0.15) is 0 Å². The normalized spacial score (nSPS) is 22.6. The van der Waals surface area contributed by atoms with Gasteiger partial charge in [0.05, 0.1) is 12.0 Å². The minimum atomic E-state index is -0.890. The summed E-state index contributed by atoms with van der Waals surface area (Å²) in [5.41, 5.74) is 0.912. The smallest absolute Gasteiger partial charge is 0.309 e. The topological polar surface area (TPSA) is 57.6 Å². The maximum Gasteiger partial charge on any atom is 0.309 e. The molecule has 1 aromatic carbocycles. The number of benzene rings is 1. The number of carboxylic acids is 1. The van der Waals surface area contributed by atoms with Crippen molar-refractivity contribution < 1.29 is 14.7 Å². The molecular weight excluding hydrogens is 254 g/mol. The van der Waals surface area contributed by atoms with Gasteiger partial charge in [0.1, 0.15) is 0 Å². The van der Waals surface area contributed by atoms with Crippen molar-refractivity contribution in [1.82, 2.24) is 4.90 Å². The average Bonchev–Trinajstić information content (AvgIpc) is 2.74. The fraction of sp³-hybridized carbons (Fsp3) is 0.500. The van der Waals surface area contributed by atoms with Gasteiger partial charge in [0.25, 0.3) is 0 Å². The van der Waals surface area contributed by atoms with E-state index in [-0.39, 0.29) is 18.4 Å². The number of carboxylic acid groups (broad SMARTS) is 1. The zero-order valence-electron chi connectivity index (χ0n) is 12.0. The predicted octanol–water partition coefficient (Wildman–Crippen LogP) is 2.71. The lowest BCUT2D eigenvalue weighted by Crippen LogP contribution is -2.32. The maximum atomic E-state index is 12.1. The first-order valence-corrected chi connectivity index (χ1v) is 7.08. The second kappa shape index (κ2) is 6.07. The van der Waals surface area contributed by atoms with Gasteiger partial charge in [-0.25, -0.2) is 0 Å². The molecule has 2 rings (SSSR count). The van der Waals surface area contributed by atoms with Gasteiger partial charge in [0.2, 0.25) is 5.91 Å². The van der Waals surface area contributed by atoms with Crippen LogP contribution in [0.5, 0.6) is 0 Å². The highest BCUT2D eigenvalue weighted by molar-refractivity contribution is 5.87. The number of likely N-dealkylation sites (tertiary alicyclic amines) is 1. The molecule has 1 aliphatic heterocycles. The fourth-order valence-electron chi connectivity index (χ4n) is 2.74. The lowest BCUT2D eigenvalue weighted by atomic mass is 9.93. The average molecular weight is 275 g/mol. The fourth-order valence-corrected chi connectivity index (χ4v) is 2.74. The van der Waals surface area contributed by atoms with Crippen LogP contribution in [0.4, 0.5) is 0 Å². The SMILES string of the molecule is CC(C)CCN1C(=O)C[C@H](C(=O)O)[C@@H]1c1ccccc1.